The minimum atomic E-state index is -3.71. The third-order valence-corrected chi connectivity index (χ3v) is 6.35. The Morgan fingerprint density at radius 1 is 1.26 bits per heavy atom. The Balaban J connectivity index is 2.24. The molecule has 6 nitrogen and oxygen atoms in total. The lowest BCUT2D eigenvalue weighted by Crippen LogP contribution is -2.35. The molecule has 0 aliphatic carbocycles. The van der Waals surface area contributed by atoms with Crippen LogP contribution in [0.1, 0.15) is 6.42 Å². The van der Waals surface area contributed by atoms with Crippen LogP contribution in [0.2, 0.25) is 0 Å². The molecule has 1 aromatic rings. The molecule has 19 heavy (non-hydrogen) atoms. The summed E-state index contributed by atoms with van der Waals surface area (Å²) in [5.41, 5.74) is 0.482. The molecule has 0 amide bonds. The van der Waals surface area contributed by atoms with E-state index < -0.39 is 25.9 Å². The molecule has 0 saturated carbocycles. The van der Waals surface area contributed by atoms with Gasteiger partial charge in [-0.05, 0) is 18.6 Å². The highest BCUT2D eigenvalue weighted by Gasteiger charge is 2.32. The first kappa shape index (κ1) is 14.3. The van der Waals surface area contributed by atoms with Crippen LogP contribution in [-0.2, 0) is 19.9 Å². The number of sulfonamides is 1. The first-order valence-electron chi connectivity index (χ1n) is 5.83. The van der Waals surface area contributed by atoms with Crippen molar-refractivity contribution in [2.75, 3.05) is 23.9 Å². The number of anilines is 1. The van der Waals surface area contributed by atoms with Crippen LogP contribution in [-0.4, -0.2) is 41.4 Å². The van der Waals surface area contributed by atoms with Crippen molar-refractivity contribution in [1.82, 2.24) is 4.72 Å². The number of hydrogen-bond acceptors (Lipinski definition) is 5. The van der Waals surface area contributed by atoms with Crippen LogP contribution in [0.3, 0.4) is 0 Å². The van der Waals surface area contributed by atoms with Crippen molar-refractivity contribution in [1.29, 1.82) is 0 Å². The van der Waals surface area contributed by atoms with Crippen molar-refractivity contribution in [2.45, 2.75) is 17.4 Å². The highest BCUT2D eigenvalue weighted by atomic mass is 32.2. The Hall–Kier alpha value is -1.12. The van der Waals surface area contributed by atoms with Gasteiger partial charge >= 0.3 is 0 Å². The molecule has 1 aliphatic rings. The standard InChI is InChI=1S/C11H16N2O4S2/c1-12-10-4-2-3-5-11(10)19(16,17)13-9-6-7-18(14,15)8-9/h2-5,9,12-13H,6-8H2,1H3. The van der Waals surface area contributed by atoms with Crippen molar-refractivity contribution in [3.8, 4) is 0 Å². The SMILES string of the molecule is CNc1ccccc1S(=O)(=O)NC1CCS(=O)(=O)C1. The molecule has 106 valence electrons. The fourth-order valence-corrected chi connectivity index (χ4v) is 5.34. The van der Waals surface area contributed by atoms with Gasteiger partial charge in [-0.2, -0.15) is 0 Å². The van der Waals surface area contributed by atoms with Crippen LogP contribution in [0.4, 0.5) is 5.69 Å². The van der Waals surface area contributed by atoms with Crippen LogP contribution < -0.4 is 10.0 Å². The van der Waals surface area contributed by atoms with E-state index in [0.717, 1.165) is 0 Å². The van der Waals surface area contributed by atoms with Gasteiger partial charge < -0.3 is 5.32 Å². The molecule has 0 bridgehead atoms. The lowest BCUT2D eigenvalue weighted by atomic mass is 10.3. The lowest BCUT2D eigenvalue weighted by molar-refractivity contribution is 0.563. The van der Waals surface area contributed by atoms with Gasteiger partial charge in [0.2, 0.25) is 10.0 Å². The zero-order chi connectivity index (χ0) is 14.1. The number of para-hydroxylation sites is 1. The van der Waals surface area contributed by atoms with Crippen molar-refractivity contribution >= 4 is 25.5 Å². The zero-order valence-corrected chi connectivity index (χ0v) is 12.1. The molecule has 0 spiro atoms. The van der Waals surface area contributed by atoms with Crippen LogP contribution in [0.25, 0.3) is 0 Å². The summed E-state index contributed by atoms with van der Waals surface area (Å²) in [6, 6.07) is 5.95. The summed E-state index contributed by atoms with van der Waals surface area (Å²) >= 11 is 0. The first-order chi connectivity index (χ1) is 8.84. The van der Waals surface area contributed by atoms with Gasteiger partial charge in [0.05, 0.1) is 17.2 Å². The van der Waals surface area contributed by atoms with Crippen molar-refractivity contribution in [2.24, 2.45) is 0 Å². The maximum atomic E-state index is 12.2. The summed E-state index contributed by atoms with van der Waals surface area (Å²) in [6.07, 6.45) is 0.323. The van der Waals surface area contributed by atoms with E-state index in [9.17, 15) is 16.8 Å². The molecule has 0 radical (unpaired) electrons. The first-order valence-corrected chi connectivity index (χ1v) is 9.14. The lowest BCUT2D eigenvalue weighted by Gasteiger charge is -2.14. The van der Waals surface area contributed by atoms with Gasteiger partial charge in [-0.25, -0.2) is 21.6 Å². The van der Waals surface area contributed by atoms with E-state index >= 15 is 0 Å². The second-order valence-electron chi connectivity index (χ2n) is 4.47. The maximum Gasteiger partial charge on any atom is 0.242 e. The average Bonchev–Trinajstić information content (AvgIpc) is 2.67. The molecule has 1 fully saturated rings. The molecule has 2 N–H and O–H groups in total. The highest BCUT2D eigenvalue weighted by Crippen LogP contribution is 2.22. The van der Waals surface area contributed by atoms with Crippen molar-refractivity contribution in [3.05, 3.63) is 24.3 Å². The molecule has 2 rings (SSSR count). The predicted molar refractivity (Wildman–Crippen MR) is 73.4 cm³/mol. The number of rotatable bonds is 4. The Kier molecular flexibility index (Phi) is 3.84. The molecule has 1 saturated heterocycles. The van der Waals surface area contributed by atoms with Gasteiger partial charge in [0, 0.05) is 13.1 Å². The predicted octanol–water partition coefficient (Wildman–Crippen LogP) is 0.194. The Labute approximate surface area is 113 Å². The highest BCUT2D eigenvalue weighted by molar-refractivity contribution is 7.92. The van der Waals surface area contributed by atoms with Gasteiger partial charge in [0.1, 0.15) is 4.90 Å². The maximum absolute atomic E-state index is 12.2. The van der Waals surface area contributed by atoms with Gasteiger partial charge in [0.15, 0.2) is 9.84 Å². The summed E-state index contributed by atoms with van der Waals surface area (Å²) in [5.74, 6) is -0.0954. The third-order valence-electron chi connectivity index (χ3n) is 3.00. The summed E-state index contributed by atoms with van der Waals surface area (Å²) in [6.45, 7) is 0. The van der Waals surface area contributed by atoms with Crippen LogP contribution in [0.5, 0.6) is 0 Å². The molecular weight excluding hydrogens is 288 g/mol. The van der Waals surface area contributed by atoms with E-state index in [4.69, 9.17) is 0 Å². The molecular formula is C11H16N2O4S2. The fraction of sp³-hybridized carbons (Fsp3) is 0.455. The minimum absolute atomic E-state index is 0.0356. The quantitative estimate of drug-likeness (QED) is 0.828. The minimum Gasteiger partial charge on any atom is -0.387 e. The second kappa shape index (κ2) is 5.10. The Morgan fingerprint density at radius 2 is 1.95 bits per heavy atom. The molecule has 1 unspecified atom stereocenters. The van der Waals surface area contributed by atoms with Crippen molar-refractivity contribution in [3.63, 3.8) is 0 Å². The summed E-state index contributed by atoms with van der Waals surface area (Å²) in [5, 5.41) is 2.81. The molecule has 1 atom stereocenters. The van der Waals surface area contributed by atoms with E-state index in [1.54, 1.807) is 25.2 Å². The molecule has 1 heterocycles. The average molecular weight is 304 g/mol. The van der Waals surface area contributed by atoms with Gasteiger partial charge in [-0.15, -0.1) is 0 Å². The van der Waals surface area contributed by atoms with E-state index in [-0.39, 0.29) is 16.4 Å². The molecule has 1 aliphatic heterocycles. The number of sulfone groups is 1. The van der Waals surface area contributed by atoms with Crippen LogP contribution in [0.15, 0.2) is 29.2 Å². The van der Waals surface area contributed by atoms with Crippen molar-refractivity contribution < 1.29 is 16.8 Å². The van der Waals surface area contributed by atoms with E-state index in [2.05, 4.69) is 10.0 Å². The van der Waals surface area contributed by atoms with Gasteiger partial charge in [-0.1, -0.05) is 12.1 Å². The summed E-state index contributed by atoms with van der Waals surface area (Å²) < 4.78 is 49.6. The second-order valence-corrected chi connectivity index (χ2v) is 8.38. The third kappa shape index (κ3) is 3.26. The Morgan fingerprint density at radius 3 is 2.53 bits per heavy atom. The summed E-state index contributed by atoms with van der Waals surface area (Å²) in [4.78, 5) is 0.127. The van der Waals surface area contributed by atoms with Gasteiger partial charge in [0.25, 0.3) is 0 Å². The topological polar surface area (TPSA) is 92.3 Å². The van der Waals surface area contributed by atoms with Crippen LogP contribution in [0, 0.1) is 0 Å². The molecule has 1 aromatic carbocycles. The smallest absolute Gasteiger partial charge is 0.242 e. The largest absolute Gasteiger partial charge is 0.387 e. The number of hydrogen-bond donors (Lipinski definition) is 2. The normalized spacial score (nSPS) is 22.3. The van der Waals surface area contributed by atoms with E-state index in [1.165, 1.54) is 6.07 Å². The molecule has 0 aromatic heterocycles. The monoisotopic (exact) mass is 304 g/mol. The number of nitrogens with one attached hydrogen (secondary N) is 2. The van der Waals surface area contributed by atoms with E-state index in [1.807, 2.05) is 0 Å². The Bertz CT molecular complexity index is 668. The van der Waals surface area contributed by atoms with Gasteiger partial charge in [-0.3, -0.25) is 0 Å². The summed E-state index contributed by atoms with van der Waals surface area (Å²) in [7, 11) is -5.19. The number of benzene rings is 1. The molecule has 8 heteroatoms. The van der Waals surface area contributed by atoms with Crippen LogP contribution >= 0.6 is 0 Å². The fourth-order valence-electron chi connectivity index (χ4n) is 2.08. The van der Waals surface area contributed by atoms with E-state index in [0.29, 0.717) is 12.1 Å². The zero-order valence-electron chi connectivity index (χ0n) is 10.5.